The number of hydrogen-bond donors (Lipinski definition) is 1. The van der Waals surface area contributed by atoms with E-state index in [1.807, 2.05) is 10.7 Å². The highest BCUT2D eigenvalue weighted by Gasteiger charge is 2.19. The number of rotatable bonds is 3. The van der Waals surface area contributed by atoms with Gasteiger partial charge in [-0.05, 0) is 24.8 Å². The zero-order valence-corrected chi connectivity index (χ0v) is 13.1. The second kappa shape index (κ2) is 5.64. The highest BCUT2D eigenvalue weighted by Crippen LogP contribution is 2.25. The standard InChI is InChI=1S/C16H24N4O/c1-16(2,3)14-10-13-15(17-6-7-20(13)19-14)18-11-12-4-8-21-9-5-12/h6-7,10,12H,4-5,8-9,11H2,1-3H3,(H,17,18). The van der Waals surface area contributed by atoms with Gasteiger partial charge in [-0.15, -0.1) is 0 Å². The van der Waals surface area contributed by atoms with Crippen LogP contribution < -0.4 is 5.32 Å². The quantitative estimate of drug-likeness (QED) is 0.943. The maximum Gasteiger partial charge on any atom is 0.152 e. The Morgan fingerprint density at radius 1 is 1.33 bits per heavy atom. The average Bonchev–Trinajstić information content (AvgIpc) is 2.91. The summed E-state index contributed by atoms with van der Waals surface area (Å²) in [6.07, 6.45) is 5.97. The average molecular weight is 288 g/mol. The van der Waals surface area contributed by atoms with Crippen LogP contribution in [0.1, 0.15) is 39.3 Å². The van der Waals surface area contributed by atoms with Crippen molar-refractivity contribution in [2.45, 2.75) is 39.0 Å². The van der Waals surface area contributed by atoms with Crippen LogP contribution in [-0.2, 0) is 10.2 Å². The third kappa shape index (κ3) is 3.18. The fourth-order valence-corrected chi connectivity index (χ4v) is 2.62. The van der Waals surface area contributed by atoms with Crippen molar-refractivity contribution in [2.75, 3.05) is 25.1 Å². The number of anilines is 1. The van der Waals surface area contributed by atoms with Gasteiger partial charge in [-0.25, -0.2) is 9.50 Å². The largest absolute Gasteiger partial charge is 0.381 e. The molecule has 0 aliphatic carbocycles. The van der Waals surface area contributed by atoms with E-state index < -0.39 is 0 Å². The van der Waals surface area contributed by atoms with Gasteiger partial charge in [-0.3, -0.25) is 0 Å². The summed E-state index contributed by atoms with van der Waals surface area (Å²) in [5.41, 5.74) is 2.18. The minimum atomic E-state index is 0.0456. The fraction of sp³-hybridized carbons (Fsp3) is 0.625. The summed E-state index contributed by atoms with van der Waals surface area (Å²) in [4.78, 5) is 4.48. The van der Waals surface area contributed by atoms with Gasteiger partial charge in [-0.2, -0.15) is 5.10 Å². The summed E-state index contributed by atoms with van der Waals surface area (Å²) in [5.74, 6) is 1.60. The Morgan fingerprint density at radius 2 is 2.10 bits per heavy atom. The molecule has 21 heavy (non-hydrogen) atoms. The molecule has 3 heterocycles. The van der Waals surface area contributed by atoms with Gasteiger partial charge in [-0.1, -0.05) is 20.8 Å². The Kier molecular flexibility index (Phi) is 3.85. The molecule has 1 N–H and O–H groups in total. The minimum absolute atomic E-state index is 0.0456. The molecule has 114 valence electrons. The van der Waals surface area contributed by atoms with Crippen LogP contribution in [0, 0.1) is 5.92 Å². The molecular weight excluding hydrogens is 264 g/mol. The van der Waals surface area contributed by atoms with E-state index in [4.69, 9.17) is 4.74 Å². The first-order valence-electron chi connectivity index (χ1n) is 7.70. The Bertz CT molecular complexity index is 608. The van der Waals surface area contributed by atoms with E-state index in [2.05, 4.69) is 42.2 Å². The SMILES string of the molecule is CC(C)(C)c1cc2c(NCC3CCOCC3)nccn2n1. The van der Waals surface area contributed by atoms with Crippen LogP contribution in [0.5, 0.6) is 0 Å². The molecule has 0 bridgehead atoms. The van der Waals surface area contributed by atoms with Crippen LogP contribution in [0.3, 0.4) is 0 Å². The summed E-state index contributed by atoms with van der Waals surface area (Å²) in [6.45, 7) is 9.24. The normalized spacial score (nSPS) is 17.3. The molecule has 0 aromatic carbocycles. The molecule has 1 aliphatic heterocycles. The molecule has 0 saturated carbocycles. The van der Waals surface area contributed by atoms with Gasteiger partial charge in [0, 0.05) is 37.6 Å². The molecule has 1 fully saturated rings. The molecule has 0 spiro atoms. The predicted molar refractivity (Wildman–Crippen MR) is 83.7 cm³/mol. The molecule has 5 heteroatoms. The van der Waals surface area contributed by atoms with Gasteiger partial charge in [0.05, 0.1) is 5.69 Å². The smallest absolute Gasteiger partial charge is 0.152 e. The van der Waals surface area contributed by atoms with Crippen molar-refractivity contribution in [3.05, 3.63) is 24.2 Å². The Hall–Kier alpha value is -1.62. The summed E-state index contributed by atoms with van der Waals surface area (Å²) in [5, 5.41) is 8.15. The lowest BCUT2D eigenvalue weighted by molar-refractivity contribution is 0.0699. The van der Waals surface area contributed by atoms with Gasteiger partial charge in [0.1, 0.15) is 5.52 Å². The predicted octanol–water partition coefficient (Wildman–Crippen LogP) is 2.87. The maximum absolute atomic E-state index is 5.41. The van der Waals surface area contributed by atoms with E-state index in [-0.39, 0.29) is 5.41 Å². The molecule has 0 atom stereocenters. The lowest BCUT2D eigenvalue weighted by Gasteiger charge is -2.22. The highest BCUT2D eigenvalue weighted by atomic mass is 16.5. The number of aromatic nitrogens is 3. The first-order valence-corrected chi connectivity index (χ1v) is 7.70. The van der Waals surface area contributed by atoms with Crippen LogP contribution in [0.15, 0.2) is 18.5 Å². The third-order valence-electron chi connectivity index (χ3n) is 4.06. The van der Waals surface area contributed by atoms with Crippen molar-refractivity contribution >= 4 is 11.3 Å². The molecule has 1 saturated heterocycles. The lowest BCUT2D eigenvalue weighted by atomic mass is 9.92. The van der Waals surface area contributed by atoms with E-state index in [0.29, 0.717) is 5.92 Å². The summed E-state index contributed by atoms with van der Waals surface area (Å²) in [7, 11) is 0. The Balaban J connectivity index is 1.79. The monoisotopic (exact) mass is 288 g/mol. The molecule has 0 radical (unpaired) electrons. The lowest BCUT2D eigenvalue weighted by Crippen LogP contribution is -2.23. The molecular formula is C16H24N4O. The van der Waals surface area contributed by atoms with Crippen LogP contribution in [-0.4, -0.2) is 34.4 Å². The first-order chi connectivity index (χ1) is 10.0. The molecule has 2 aromatic rings. The van der Waals surface area contributed by atoms with Gasteiger partial charge in [0.15, 0.2) is 5.82 Å². The Morgan fingerprint density at radius 3 is 2.81 bits per heavy atom. The second-order valence-electron chi connectivity index (χ2n) is 6.82. The molecule has 5 nitrogen and oxygen atoms in total. The van der Waals surface area contributed by atoms with Crippen molar-refractivity contribution in [2.24, 2.45) is 5.92 Å². The fourth-order valence-electron chi connectivity index (χ4n) is 2.62. The van der Waals surface area contributed by atoms with E-state index >= 15 is 0 Å². The molecule has 0 amide bonds. The number of fused-ring (bicyclic) bond motifs is 1. The molecule has 2 aromatic heterocycles. The maximum atomic E-state index is 5.41. The van der Waals surface area contributed by atoms with Gasteiger partial charge in [0.2, 0.25) is 0 Å². The van der Waals surface area contributed by atoms with Gasteiger partial charge < -0.3 is 10.1 Å². The molecule has 0 unspecified atom stereocenters. The van der Waals surface area contributed by atoms with Crippen molar-refractivity contribution in [3.63, 3.8) is 0 Å². The third-order valence-corrected chi connectivity index (χ3v) is 4.06. The van der Waals surface area contributed by atoms with Crippen molar-refractivity contribution in [3.8, 4) is 0 Å². The van der Waals surface area contributed by atoms with Gasteiger partial charge in [0.25, 0.3) is 0 Å². The zero-order valence-electron chi connectivity index (χ0n) is 13.1. The van der Waals surface area contributed by atoms with Crippen molar-refractivity contribution in [1.29, 1.82) is 0 Å². The van der Waals surface area contributed by atoms with Gasteiger partial charge >= 0.3 is 0 Å². The van der Waals surface area contributed by atoms with E-state index in [9.17, 15) is 0 Å². The first kappa shape index (κ1) is 14.3. The summed E-state index contributed by atoms with van der Waals surface area (Å²) in [6, 6.07) is 2.14. The van der Waals surface area contributed by atoms with Crippen molar-refractivity contribution in [1.82, 2.24) is 14.6 Å². The van der Waals surface area contributed by atoms with E-state index in [0.717, 1.165) is 49.6 Å². The summed E-state index contributed by atoms with van der Waals surface area (Å²) < 4.78 is 7.32. The minimum Gasteiger partial charge on any atom is -0.381 e. The number of ether oxygens (including phenoxy) is 1. The Labute approximate surface area is 125 Å². The number of nitrogens with zero attached hydrogens (tertiary/aromatic N) is 3. The van der Waals surface area contributed by atoms with E-state index in [1.54, 1.807) is 6.20 Å². The molecule has 1 aliphatic rings. The van der Waals surface area contributed by atoms with Crippen LogP contribution >= 0.6 is 0 Å². The number of nitrogens with one attached hydrogen (secondary N) is 1. The topological polar surface area (TPSA) is 51.5 Å². The van der Waals surface area contributed by atoms with Crippen LogP contribution in [0.4, 0.5) is 5.82 Å². The van der Waals surface area contributed by atoms with Crippen molar-refractivity contribution < 1.29 is 4.74 Å². The molecule has 3 rings (SSSR count). The van der Waals surface area contributed by atoms with Crippen LogP contribution in [0.2, 0.25) is 0 Å². The van der Waals surface area contributed by atoms with E-state index in [1.165, 1.54) is 0 Å². The van der Waals surface area contributed by atoms with Crippen LogP contribution in [0.25, 0.3) is 5.52 Å². The number of hydrogen-bond acceptors (Lipinski definition) is 4. The zero-order chi connectivity index (χ0) is 14.9. The summed E-state index contributed by atoms with van der Waals surface area (Å²) >= 11 is 0. The highest BCUT2D eigenvalue weighted by molar-refractivity contribution is 5.68. The second-order valence-corrected chi connectivity index (χ2v) is 6.82.